The summed E-state index contributed by atoms with van der Waals surface area (Å²) in [6.45, 7) is 3.42. The average molecular weight is 252 g/mol. The molecule has 1 unspecified atom stereocenters. The van der Waals surface area contributed by atoms with Crippen LogP contribution in [-0.2, 0) is 0 Å². The van der Waals surface area contributed by atoms with Crippen molar-refractivity contribution < 1.29 is 14.8 Å². The molecule has 0 heterocycles. The summed E-state index contributed by atoms with van der Waals surface area (Å²) in [5.41, 5.74) is -0.417. The Hall–Kier alpha value is -1.95. The van der Waals surface area contributed by atoms with Gasteiger partial charge in [0.05, 0.1) is 17.1 Å². The van der Waals surface area contributed by atoms with E-state index in [0.29, 0.717) is 12.0 Å². The highest BCUT2D eigenvalue weighted by molar-refractivity contribution is 5.94. The maximum Gasteiger partial charge on any atom is 0.269 e. The molecule has 1 rings (SSSR count). The summed E-state index contributed by atoms with van der Waals surface area (Å²) in [5, 5.41) is 22.4. The van der Waals surface area contributed by atoms with E-state index in [1.54, 1.807) is 6.92 Å². The largest absolute Gasteiger partial charge is 0.394 e. The number of carbonyl (C=O) groups excluding carboxylic acids is 1. The van der Waals surface area contributed by atoms with Crippen LogP contribution in [-0.4, -0.2) is 28.1 Å². The number of hydrogen-bond donors (Lipinski definition) is 2. The van der Waals surface area contributed by atoms with Crippen LogP contribution >= 0.6 is 0 Å². The van der Waals surface area contributed by atoms with Crippen molar-refractivity contribution in [2.75, 3.05) is 6.61 Å². The van der Waals surface area contributed by atoms with Gasteiger partial charge in [-0.05, 0) is 25.5 Å². The molecule has 18 heavy (non-hydrogen) atoms. The Morgan fingerprint density at radius 1 is 1.44 bits per heavy atom. The second kappa shape index (κ2) is 5.59. The number of nitrogens with one attached hydrogen (secondary N) is 1. The van der Waals surface area contributed by atoms with E-state index in [2.05, 4.69) is 5.32 Å². The van der Waals surface area contributed by atoms with Crippen molar-refractivity contribution in [3.05, 3.63) is 39.9 Å². The van der Waals surface area contributed by atoms with E-state index in [4.69, 9.17) is 0 Å². The number of hydrogen-bond acceptors (Lipinski definition) is 4. The van der Waals surface area contributed by atoms with Crippen LogP contribution in [0.4, 0.5) is 5.69 Å². The van der Waals surface area contributed by atoms with Gasteiger partial charge in [-0.2, -0.15) is 0 Å². The van der Waals surface area contributed by atoms with Crippen LogP contribution < -0.4 is 5.32 Å². The predicted octanol–water partition coefficient (Wildman–Crippen LogP) is 1.49. The molecule has 1 amide bonds. The number of non-ortho nitro benzene ring substituents is 1. The lowest BCUT2D eigenvalue weighted by atomic mass is 9.99. The third-order valence-electron chi connectivity index (χ3n) is 2.88. The molecule has 0 spiro atoms. The molecule has 0 radical (unpaired) electrons. The molecule has 0 aromatic heterocycles. The van der Waals surface area contributed by atoms with Crippen molar-refractivity contribution in [1.29, 1.82) is 0 Å². The first-order valence-corrected chi connectivity index (χ1v) is 5.59. The maximum atomic E-state index is 11.9. The molecule has 0 saturated carbocycles. The number of carbonyl (C=O) groups is 1. The highest BCUT2D eigenvalue weighted by Crippen LogP contribution is 2.14. The standard InChI is InChI=1S/C12H16N2O4/c1-3-12(2,8-15)13-11(16)9-4-6-10(7-5-9)14(17)18/h4-7,15H,3,8H2,1-2H3,(H,13,16). The molecular weight excluding hydrogens is 236 g/mol. The van der Waals surface area contributed by atoms with Crippen molar-refractivity contribution >= 4 is 11.6 Å². The van der Waals surface area contributed by atoms with Crippen molar-refractivity contribution in [1.82, 2.24) is 5.32 Å². The zero-order chi connectivity index (χ0) is 13.8. The Bertz CT molecular complexity index is 438. The van der Waals surface area contributed by atoms with Gasteiger partial charge in [-0.25, -0.2) is 0 Å². The van der Waals surface area contributed by atoms with E-state index in [9.17, 15) is 20.0 Å². The molecule has 0 aliphatic carbocycles. The van der Waals surface area contributed by atoms with Gasteiger partial charge in [-0.15, -0.1) is 0 Å². The van der Waals surface area contributed by atoms with Gasteiger partial charge in [0.1, 0.15) is 0 Å². The van der Waals surface area contributed by atoms with E-state index in [0.717, 1.165) is 0 Å². The summed E-state index contributed by atoms with van der Waals surface area (Å²) < 4.78 is 0. The Labute approximate surface area is 105 Å². The first kappa shape index (κ1) is 14.1. The van der Waals surface area contributed by atoms with Crippen LogP contribution in [0.1, 0.15) is 30.6 Å². The van der Waals surface area contributed by atoms with Gasteiger partial charge < -0.3 is 10.4 Å². The Morgan fingerprint density at radius 3 is 2.39 bits per heavy atom. The minimum absolute atomic E-state index is 0.0630. The highest BCUT2D eigenvalue weighted by Gasteiger charge is 2.23. The van der Waals surface area contributed by atoms with Crippen LogP contribution in [0.2, 0.25) is 0 Å². The van der Waals surface area contributed by atoms with E-state index in [1.165, 1.54) is 24.3 Å². The van der Waals surface area contributed by atoms with Crippen molar-refractivity contribution in [2.45, 2.75) is 25.8 Å². The fraction of sp³-hybridized carbons (Fsp3) is 0.417. The van der Waals surface area contributed by atoms with Gasteiger partial charge >= 0.3 is 0 Å². The molecular formula is C12H16N2O4. The zero-order valence-electron chi connectivity index (χ0n) is 10.3. The average Bonchev–Trinajstić information content (AvgIpc) is 2.38. The van der Waals surface area contributed by atoms with Gasteiger partial charge in [0.25, 0.3) is 11.6 Å². The van der Waals surface area contributed by atoms with Gasteiger partial charge in [-0.1, -0.05) is 6.92 Å². The number of amides is 1. The predicted molar refractivity (Wildman–Crippen MR) is 66.3 cm³/mol. The molecule has 0 bridgehead atoms. The molecule has 1 aromatic rings. The molecule has 98 valence electrons. The zero-order valence-corrected chi connectivity index (χ0v) is 10.3. The lowest BCUT2D eigenvalue weighted by molar-refractivity contribution is -0.384. The molecule has 0 fully saturated rings. The van der Waals surface area contributed by atoms with E-state index in [1.807, 2.05) is 6.92 Å². The van der Waals surface area contributed by atoms with E-state index in [-0.39, 0.29) is 18.2 Å². The second-order valence-corrected chi connectivity index (χ2v) is 4.33. The van der Waals surface area contributed by atoms with Crippen molar-refractivity contribution in [3.8, 4) is 0 Å². The Morgan fingerprint density at radius 2 is 2.00 bits per heavy atom. The molecule has 2 N–H and O–H groups in total. The molecule has 0 saturated heterocycles. The summed E-state index contributed by atoms with van der Waals surface area (Å²) in [6.07, 6.45) is 0.586. The lowest BCUT2D eigenvalue weighted by Gasteiger charge is -2.27. The topological polar surface area (TPSA) is 92.5 Å². The van der Waals surface area contributed by atoms with Gasteiger partial charge in [0.2, 0.25) is 0 Å². The quantitative estimate of drug-likeness (QED) is 0.613. The van der Waals surface area contributed by atoms with Crippen LogP contribution in [0.3, 0.4) is 0 Å². The third kappa shape index (κ3) is 3.27. The van der Waals surface area contributed by atoms with Crippen molar-refractivity contribution in [3.63, 3.8) is 0 Å². The highest BCUT2D eigenvalue weighted by atomic mass is 16.6. The van der Waals surface area contributed by atoms with E-state index < -0.39 is 10.5 Å². The number of nitro benzene ring substituents is 1. The molecule has 0 aliphatic heterocycles. The second-order valence-electron chi connectivity index (χ2n) is 4.33. The number of nitro groups is 1. The summed E-state index contributed by atoms with van der Waals surface area (Å²) in [6, 6.07) is 5.33. The number of benzene rings is 1. The maximum absolute atomic E-state index is 11.9. The van der Waals surface area contributed by atoms with Gasteiger partial charge in [0.15, 0.2) is 0 Å². The molecule has 6 heteroatoms. The summed E-state index contributed by atoms with van der Waals surface area (Å²) >= 11 is 0. The van der Waals surface area contributed by atoms with Crippen LogP contribution in [0, 0.1) is 10.1 Å². The molecule has 1 aromatic carbocycles. The van der Waals surface area contributed by atoms with Crippen LogP contribution in [0.5, 0.6) is 0 Å². The smallest absolute Gasteiger partial charge is 0.269 e. The first-order valence-electron chi connectivity index (χ1n) is 5.59. The fourth-order valence-electron chi connectivity index (χ4n) is 1.32. The monoisotopic (exact) mass is 252 g/mol. The Balaban J connectivity index is 2.82. The van der Waals surface area contributed by atoms with Gasteiger partial charge in [-0.3, -0.25) is 14.9 Å². The summed E-state index contributed by atoms with van der Waals surface area (Å²) in [7, 11) is 0. The molecule has 6 nitrogen and oxygen atoms in total. The normalized spacial score (nSPS) is 13.7. The van der Waals surface area contributed by atoms with Crippen molar-refractivity contribution in [2.24, 2.45) is 0 Å². The molecule has 0 aliphatic rings. The minimum atomic E-state index is -0.682. The minimum Gasteiger partial charge on any atom is -0.394 e. The lowest BCUT2D eigenvalue weighted by Crippen LogP contribution is -2.48. The Kier molecular flexibility index (Phi) is 4.38. The summed E-state index contributed by atoms with van der Waals surface area (Å²) in [4.78, 5) is 21.8. The van der Waals surface area contributed by atoms with Crippen LogP contribution in [0.25, 0.3) is 0 Å². The van der Waals surface area contributed by atoms with E-state index >= 15 is 0 Å². The number of aliphatic hydroxyl groups is 1. The molecule has 1 atom stereocenters. The summed E-state index contributed by atoms with van der Waals surface area (Å²) in [5.74, 6) is -0.358. The SMILES string of the molecule is CCC(C)(CO)NC(=O)c1ccc([N+](=O)[O-])cc1. The third-order valence-corrected chi connectivity index (χ3v) is 2.88. The number of nitrogens with zero attached hydrogens (tertiary/aromatic N) is 1. The number of rotatable bonds is 5. The van der Waals surface area contributed by atoms with Gasteiger partial charge in [0, 0.05) is 17.7 Å². The first-order chi connectivity index (χ1) is 8.41. The number of aliphatic hydroxyl groups excluding tert-OH is 1. The van der Waals surface area contributed by atoms with Crippen LogP contribution in [0.15, 0.2) is 24.3 Å². The fourth-order valence-corrected chi connectivity index (χ4v) is 1.32.